The number of carbonyl (C=O) groups excluding carboxylic acids is 1. The Morgan fingerprint density at radius 2 is 2.11 bits per heavy atom. The molecule has 0 amide bonds. The molecule has 1 aromatic heterocycles. The molecule has 0 radical (unpaired) electrons. The maximum Gasteiger partial charge on any atom is 0.179 e. The lowest BCUT2D eigenvalue weighted by atomic mass is 10.1. The summed E-state index contributed by atoms with van der Waals surface area (Å²) in [5.41, 5.74) is 0.900. The second-order valence-electron chi connectivity index (χ2n) is 4.35. The number of thiophene rings is 1. The van der Waals surface area contributed by atoms with Crippen LogP contribution in [0.5, 0.6) is 0 Å². The molecule has 0 spiro atoms. The molecule has 0 bridgehead atoms. The predicted molar refractivity (Wildman–Crippen MR) is 71.3 cm³/mol. The summed E-state index contributed by atoms with van der Waals surface area (Å²) in [5.74, 6) is -1.71. The van der Waals surface area contributed by atoms with Gasteiger partial charge in [-0.25, -0.2) is 8.78 Å². The molecule has 100 valence electrons. The van der Waals surface area contributed by atoms with E-state index in [0.717, 1.165) is 23.8 Å². The SMILES string of the molecule is CN(CC(=O)c1cc(F)ccc1F)Cc1ccsc1. The number of hydrogen-bond donors (Lipinski definition) is 0. The molecular weight excluding hydrogens is 268 g/mol. The van der Waals surface area contributed by atoms with Crippen LogP contribution in [0.15, 0.2) is 35.0 Å². The first kappa shape index (κ1) is 13.8. The molecule has 2 nitrogen and oxygen atoms in total. The van der Waals surface area contributed by atoms with Gasteiger partial charge in [0.1, 0.15) is 11.6 Å². The van der Waals surface area contributed by atoms with E-state index in [-0.39, 0.29) is 12.1 Å². The Balaban J connectivity index is 2.02. The van der Waals surface area contributed by atoms with Crippen molar-refractivity contribution in [2.45, 2.75) is 6.54 Å². The van der Waals surface area contributed by atoms with Crippen molar-refractivity contribution in [3.63, 3.8) is 0 Å². The first-order valence-electron chi connectivity index (χ1n) is 5.74. The molecule has 5 heteroatoms. The summed E-state index contributed by atoms with van der Waals surface area (Å²) in [6.45, 7) is 0.655. The van der Waals surface area contributed by atoms with Gasteiger partial charge in [0, 0.05) is 6.54 Å². The minimum Gasteiger partial charge on any atom is -0.295 e. The molecule has 0 aliphatic heterocycles. The molecule has 0 N–H and O–H groups in total. The average molecular weight is 281 g/mol. The summed E-state index contributed by atoms with van der Waals surface area (Å²) in [5, 5.41) is 3.95. The lowest BCUT2D eigenvalue weighted by Crippen LogP contribution is -2.26. The molecule has 0 aliphatic carbocycles. The molecule has 1 heterocycles. The Hall–Kier alpha value is -1.59. The summed E-state index contributed by atoms with van der Waals surface area (Å²) in [4.78, 5) is 13.7. The zero-order valence-corrected chi connectivity index (χ0v) is 11.2. The maximum atomic E-state index is 13.4. The van der Waals surface area contributed by atoms with Crippen LogP contribution in [0.25, 0.3) is 0 Å². The van der Waals surface area contributed by atoms with Crippen LogP contribution in [0.3, 0.4) is 0 Å². The first-order chi connectivity index (χ1) is 9.06. The van der Waals surface area contributed by atoms with Crippen molar-refractivity contribution in [2.24, 2.45) is 0 Å². The van der Waals surface area contributed by atoms with Crippen LogP contribution < -0.4 is 0 Å². The van der Waals surface area contributed by atoms with Gasteiger partial charge in [0.15, 0.2) is 5.78 Å². The van der Waals surface area contributed by atoms with E-state index in [9.17, 15) is 13.6 Å². The Labute approximate surface area is 114 Å². The van der Waals surface area contributed by atoms with Gasteiger partial charge in [0.2, 0.25) is 0 Å². The number of nitrogens with zero attached hydrogens (tertiary/aromatic N) is 1. The lowest BCUT2D eigenvalue weighted by molar-refractivity contribution is 0.0938. The van der Waals surface area contributed by atoms with Gasteiger partial charge in [-0.2, -0.15) is 11.3 Å². The van der Waals surface area contributed by atoms with Crippen molar-refractivity contribution in [2.75, 3.05) is 13.6 Å². The molecule has 2 rings (SSSR count). The van der Waals surface area contributed by atoms with Gasteiger partial charge in [-0.05, 0) is 47.6 Å². The van der Waals surface area contributed by atoms with Gasteiger partial charge in [0.05, 0.1) is 12.1 Å². The number of hydrogen-bond acceptors (Lipinski definition) is 3. The highest BCUT2D eigenvalue weighted by molar-refractivity contribution is 7.07. The summed E-state index contributed by atoms with van der Waals surface area (Å²) >= 11 is 1.58. The number of benzene rings is 1. The van der Waals surface area contributed by atoms with Crippen LogP contribution in [-0.4, -0.2) is 24.3 Å². The van der Waals surface area contributed by atoms with E-state index in [0.29, 0.717) is 6.54 Å². The van der Waals surface area contributed by atoms with Gasteiger partial charge >= 0.3 is 0 Å². The highest BCUT2D eigenvalue weighted by atomic mass is 32.1. The molecule has 0 atom stereocenters. The highest BCUT2D eigenvalue weighted by Gasteiger charge is 2.15. The van der Waals surface area contributed by atoms with Crippen LogP contribution in [0, 0.1) is 11.6 Å². The van der Waals surface area contributed by atoms with Crippen LogP contribution in [0.2, 0.25) is 0 Å². The molecule has 2 aromatic rings. The molecule has 0 saturated heterocycles. The summed E-state index contributed by atoms with van der Waals surface area (Å²) in [7, 11) is 1.77. The van der Waals surface area contributed by atoms with E-state index in [1.807, 2.05) is 16.8 Å². The lowest BCUT2D eigenvalue weighted by Gasteiger charge is -2.15. The number of carbonyl (C=O) groups is 1. The van der Waals surface area contributed by atoms with Gasteiger partial charge in [0.25, 0.3) is 0 Å². The smallest absolute Gasteiger partial charge is 0.179 e. The van der Waals surface area contributed by atoms with Crippen LogP contribution >= 0.6 is 11.3 Å². The van der Waals surface area contributed by atoms with Gasteiger partial charge in [-0.15, -0.1) is 0 Å². The normalized spacial score (nSPS) is 10.9. The van der Waals surface area contributed by atoms with Gasteiger partial charge in [-0.1, -0.05) is 0 Å². The minimum absolute atomic E-state index is 0.0518. The summed E-state index contributed by atoms with van der Waals surface area (Å²) < 4.78 is 26.5. The van der Waals surface area contributed by atoms with E-state index < -0.39 is 17.4 Å². The van der Waals surface area contributed by atoms with E-state index in [1.54, 1.807) is 23.3 Å². The highest BCUT2D eigenvalue weighted by Crippen LogP contribution is 2.12. The largest absolute Gasteiger partial charge is 0.295 e. The number of Topliss-reactive ketones (excluding diaryl/α,β-unsaturated/α-hetero) is 1. The zero-order chi connectivity index (χ0) is 13.8. The van der Waals surface area contributed by atoms with Gasteiger partial charge < -0.3 is 0 Å². The summed E-state index contributed by atoms with van der Waals surface area (Å²) in [6.07, 6.45) is 0. The van der Waals surface area contributed by atoms with Crippen molar-refractivity contribution in [1.82, 2.24) is 4.90 Å². The molecule has 0 fully saturated rings. The third-order valence-corrected chi connectivity index (χ3v) is 3.41. The van der Waals surface area contributed by atoms with Crippen molar-refractivity contribution in [3.8, 4) is 0 Å². The fourth-order valence-electron chi connectivity index (χ4n) is 1.79. The van der Waals surface area contributed by atoms with Crippen LogP contribution in [0.4, 0.5) is 8.78 Å². The molecule has 0 unspecified atom stereocenters. The number of rotatable bonds is 5. The van der Waals surface area contributed by atoms with E-state index >= 15 is 0 Å². The monoisotopic (exact) mass is 281 g/mol. The Bertz CT molecular complexity index is 569. The zero-order valence-electron chi connectivity index (χ0n) is 10.4. The predicted octanol–water partition coefficient (Wildman–Crippen LogP) is 3.34. The first-order valence-corrected chi connectivity index (χ1v) is 6.68. The number of likely N-dealkylation sites (N-methyl/N-ethyl adjacent to an activating group) is 1. The van der Waals surface area contributed by atoms with Gasteiger partial charge in [-0.3, -0.25) is 9.69 Å². The Morgan fingerprint density at radius 3 is 2.79 bits per heavy atom. The molecule has 0 aliphatic rings. The second kappa shape index (κ2) is 6.04. The molecule has 19 heavy (non-hydrogen) atoms. The van der Waals surface area contributed by atoms with E-state index in [2.05, 4.69) is 0 Å². The van der Waals surface area contributed by atoms with Crippen molar-refractivity contribution >= 4 is 17.1 Å². The molecular formula is C14H13F2NOS. The van der Waals surface area contributed by atoms with E-state index in [4.69, 9.17) is 0 Å². The fraction of sp³-hybridized carbons (Fsp3) is 0.214. The third kappa shape index (κ3) is 3.68. The van der Waals surface area contributed by atoms with Crippen molar-refractivity contribution in [3.05, 3.63) is 57.8 Å². The summed E-state index contributed by atoms with van der Waals surface area (Å²) in [6, 6.07) is 4.88. The number of ketones is 1. The molecule has 1 aromatic carbocycles. The Morgan fingerprint density at radius 1 is 1.32 bits per heavy atom. The minimum atomic E-state index is -0.685. The van der Waals surface area contributed by atoms with Crippen LogP contribution in [0.1, 0.15) is 15.9 Å². The van der Waals surface area contributed by atoms with Crippen molar-refractivity contribution < 1.29 is 13.6 Å². The van der Waals surface area contributed by atoms with Crippen LogP contribution in [-0.2, 0) is 6.54 Å². The standard InChI is InChI=1S/C14H13F2NOS/c1-17(7-10-4-5-19-9-10)8-14(18)12-6-11(15)2-3-13(12)16/h2-6,9H,7-8H2,1H3. The number of halogens is 2. The van der Waals surface area contributed by atoms with Crippen molar-refractivity contribution in [1.29, 1.82) is 0 Å². The van der Waals surface area contributed by atoms with E-state index in [1.165, 1.54) is 0 Å². The maximum absolute atomic E-state index is 13.4. The second-order valence-corrected chi connectivity index (χ2v) is 5.13. The third-order valence-electron chi connectivity index (χ3n) is 2.67. The molecule has 0 saturated carbocycles. The average Bonchev–Trinajstić information content (AvgIpc) is 2.84. The topological polar surface area (TPSA) is 20.3 Å². The Kier molecular flexibility index (Phi) is 4.39. The fourth-order valence-corrected chi connectivity index (χ4v) is 2.45. The quantitative estimate of drug-likeness (QED) is 0.783.